The number of hydrogen-bond acceptors (Lipinski definition) is 2. The fourth-order valence-electron chi connectivity index (χ4n) is 2.53. The normalized spacial score (nSPS) is 17.5. The molecule has 1 aromatic carbocycles. The lowest BCUT2D eigenvalue weighted by molar-refractivity contribution is 0.597. The van der Waals surface area contributed by atoms with Gasteiger partial charge in [0.15, 0.2) is 0 Å². The maximum absolute atomic E-state index is 3.58. The van der Waals surface area contributed by atoms with Crippen molar-refractivity contribution < 1.29 is 0 Å². The molecule has 1 saturated heterocycles. The van der Waals surface area contributed by atoms with Gasteiger partial charge in [-0.1, -0.05) is 28.9 Å². The van der Waals surface area contributed by atoms with Crippen molar-refractivity contribution in [1.29, 1.82) is 0 Å². The van der Waals surface area contributed by atoms with E-state index in [1.54, 1.807) is 0 Å². The third kappa shape index (κ3) is 3.02. The summed E-state index contributed by atoms with van der Waals surface area (Å²) in [5.41, 5.74) is 2.81. The second-order valence-corrected chi connectivity index (χ2v) is 5.59. The average Bonchev–Trinajstić information content (AvgIpc) is 2.82. The molecular weight excluding hydrogens is 276 g/mol. The van der Waals surface area contributed by atoms with Crippen molar-refractivity contribution in [3.8, 4) is 0 Å². The molecule has 1 aliphatic heterocycles. The number of anilines is 1. The van der Waals surface area contributed by atoms with Crippen LogP contribution in [0.25, 0.3) is 0 Å². The fraction of sp³-hybridized carbons (Fsp3) is 0.571. The minimum absolute atomic E-state index is 0.420. The highest BCUT2D eigenvalue weighted by Gasteiger charge is 2.18. The zero-order valence-corrected chi connectivity index (χ0v) is 12.3. The Labute approximate surface area is 113 Å². The number of hydrogen-bond donors (Lipinski definition) is 1. The molecule has 94 valence electrons. The smallest absolute Gasteiger partial charge is 0.0425 e. The molecular formula is C14H21BrN2. The van der Waals surface area contributed by atoms with Gasteiger partial charge in [0.1, 0.15) is 0 Å². The molecule has 0 amide bonds. The van der Waals surface area contributed by atoms with E-state index in [1.807, 2.05) is 0 Å². The molecule has 17 heavy (non-hydrogen) atoms. The number of nitrogens with one attached hydrogen (secondary N) is 1. The Morgan fingerprint density at radius 1 is 1.35 bits per heavy atom. The van der Waals surface area contributed by atoms with Gasteiger partial charge in [-0.2, -0.15) is 0 Å². The van der Waals surface area contributed by atoms with E-state index in [0.717, 1.165) is 6.54 Å². The topological polar surface area (TPSA) is 15.3 Å². The largest absolute Gasteiger partial charge is 0.371 e. The molecule has 1 heterocycles. The van der Waals surface area contributed by atoms with E-state index >= 15 is 0 Å². The SMILES string of the molecule is CCNC(C)c1ccc(Br)cc1N1CCCC1. The van der Waals surface area contributed by atoms with Crippen molar-refractivity contribution in [3.05, 3.63) is 28.2 Å². The van der Waals surface area contributed by atoms with Crippen molar-refractivity contribution in [2.75, 3.05) is 24.5 Å². The summed E-state index contributed by atoms with van der Waals surface area (Å²) in [6, 6.07) is 7.06. The van der Waals surface area contributed by atoms with E-state index in [-0.39, 0.29) is 0 Å². The van der Waals surface area contributed by atoms with Crippen LogP contribution in [0, 0.1) is 0 Å². The molecule has 3 heteroatoms. The van der Waals surface area contributed by atoms with Gasteiger partial charge in [-0.3, -0.25) is 0 Å². The molecule has 1 aliphatic rings. The first-order chi connectivity index (χ1) is 8.22. The second-order valence-electron chi connectivity index (χ2n) is 4.68. The van der Waals surface area contributed by atoms with Crippen LogP contribution in [0.4, 0.5) is 5.69 Å². The van der Waals surface area contributed by atoms with Crippen LogP contribution in [-0.4, -0.2) is 19.6 Å². The maximum atomic E-state index is 3.58. The molecule has 2 rings (SSSR count). The first-order valence-corrected chi connectivity index (χ1v) is 7.29. The molecule has 0 radical (unpaired) electrons. The van der Waals surface area contributed by atoms with Crippen LogP contribution in [-0.2, 0) is 0 Å². The second kappa shape index (κ2) is 5.87. The van der Waals surface area contributed by atoms with E-state index in [1.165, 1.54) is 41.7 Å². The Morgan fingerprint density at radius 2 is 2.06 bits per heavy atom. The quantitative estimate of drug-likeness (QED) is 0.911. The average molecular weight is 297 g/mol. The van der Waals surface area contributed by atoms with Gasteiger partial charge in [0, 0.05) is 29.3 Å². The molecule has 1 fully saturated rings. The van der Waals surface area contributed by atoms with Gasteiger partial charge < -0.3 is 10.2 Å². The molecule has 0 aliphatic carbocycles. The lowest BCUT2D eigenvalue weighted by atomic mass is 10.1. The first-order valence-electron chi connectivity index (χ1n) is 6.50. The Kier molecular flexibility index (Phi) is 4.46. The van der Waals surface area contributed by atoms with Crippen molar-refractivity contribution in [2.45, 2.75) is 32.7 Å². The third-order valence-electron chi connectivity index (χ3n) is 3.42. The number of halogens is 1. The van der Waals surface area contributed by atoms with E-state index < -0.39 is 0 Å². The minimum Gasteiger partial charge on any atom is -0.371 e. The molecule has 0 saturated carbocycles. The fourth-order valence-corrected chi connectivity index (χ4v) is 2.88. The first kappa shape index (κ1) is 12.9. The highest BCUT2D eigenvalue weighted by molar-refractivity contribution is 9.10. The molecule has 1 atom stereocenters. The summed E-state index contributed by atoms with van der Waals surface area (Å²) >= 11 is 3.58. The molecule has 0 spiro atoms. The van der Waals surface area contributed by atoms with Gasteiger partial charge in [-0.05, 0) is 44.0 Å². The van der Waals surface area contributed by atoms with Gasteiger partial charge in [0.25, 0.3) is 0 Å². The third-order valence-corrected chi connectivity index (χ3v) is 3.91. The molecule has 1 N–H and O–H groups in total. The van der Waals surface area contributed by atoms with Crippen LogP contribution < -0.4 is 10.2 Å². The van der Waals surface area contributed by atoms with Crippen molar-refractivity contribution >= 4 is 21.6 Å². The summed E-state index contributed by atoms with van der Waals surface area (Å²) in [7, 11) is 0. The summed E-state index contributed by atoms with van der Waals surface area (Å²) in [5, 5.41) is 3.50. The minimum atomic E-state index is 0.420. The molecule has 0 bridgehead atoms. The van der Waals surface area contributed by atoms with E-state index in [9.17, 15) is 0 Å². The Balaban J connectivity index is 2.29. The van der Waals surface area contributed by atoms with Crippen molar-refractivity contribution in [3.63, 3.8) is 0 Å². The predicted molar refractivity (Wildman–Crippen MR) is 77.7 cm³/mol. The Bertz CT molecular complexity index is 372. The summed E-state index contributed by atoms with van der Waals surface area (Å²) in [6.07, 6.45) is 2.64. The van der Waals surface area contributed by atoms with E-state index in [2.05, 4.69) is 58.2 Å². The Hall–Kier alpha value is -0.540. The zero-order valence-electron chi connectivity index (χ0n) is 10.7. The highest BCUT2D eigenvalue weighted by atomic mass is 79.9. The van der Waals surface area contributed by atoms with Crippen LogP contribution in [0.3, 0.4) is 0 Å². The number of nitrogens with zero attached hydrogens (tertiary/aromatic N) is 1. The molecule has 1 unspecified atom stereocenters. The molecule has 1 aromatic rings. The molecule has 0 aromatic heterocycles. The van der Waals surface area contributed by atoms with Crippen LogP contribution in [0.5, 0.6) is 0 Å². The van der Waals surface area contributed by atoms with Crippen LogP contribution in [0.2, 0.25) is 0 Å². The monoisotopic (exact) mass is 296 g/mol. The van der Waals surface area contributed by atoms with Crippen LogP contribution in [0.1, 0.15) is 38.3 Å². The molecule has 2 nitrogen and oxygen atoms in total. The number of rotatable bonds is 4. The summed E-state index contributed by atoms with van der Waals surface area (Å²) in [4.78, 5) is 2.51. The van der Waals surface area contributed by atoms with Crippen molar-refractivity contribution in [2.24, 2.45) is 0 Å². The Morgan fingerprint density at radius 3 is 2.71 bits per heavy atom. The van der Waals surface area contributed by atoms with E-state index in [0.29, 0.717) is 6.04 Å². The van der Waals surface area contributed by atoms with Crippen molar-refractivity contribution in [1.82, 2.24) is 5.32 Å². The van der Waals surface area contributed by atoms with Gasteiger partial charge in [0.2, 0.25) is 0 Å². The number of benzene rings is 1. The maximum Gasteiger partial charge on any atom is 0.0425 e. The van der Waals surface area contributed by atoms with Gasteiger partial charge >= 0.3 is 0 Å². The van der Waals surface area contributed by atoms with Gasteiger partial charge in [-0.15, -0.1) is 0 Å². The van der Waals surface area contributed by atoms with Gasteiger partial charge in [0.05, 0.1) is 0 Å². The summed E-state index contributed by atoms with van der Waals surface area (Å²) < 4.78 is 1.17. The predicted octanol–water partition coefficient (Wildman–Crippen LogP) is 3.72. The lowest BCUT2D eigenvalue weighted by Gasteiger charge is -2.25. The van der Waals surface area contributed by atoms with Gasteiger partial charge in [-0.25, -0.2) is 0 Å². The highest BCUT2D eigenvalue weighted by Crippen LogP contribution is 2.31. The standard InChI is InChI=1S/C14H21BrN2/c1-3-16-11(2)13-7-6-12(15)10-14(13)17-8-4-5-9-17/h6-7,10-11,16H,3-5,8-9H2,1-2H3. The zero-order chi connectivity index (χ0) is 12.3. The van der Waals surface area contributed by atoms with E-state index in [4.69, 9.17) is 0 Å². The lowest BCUT2D eigenvalue weighted by Crippen LogP contribution is -2.24. The summed E-state index contributed by atoms with van der Waals surface area (Å²) in [6.45, 7) is 7.80. The van der Waals surface area contributed by atoms with Crippen LogP contribution in [0.15, 0.2) is 22.7 Å². The summed E-state index contributed by atoms with van der Waals surface area (Å²) in [5.74, 6) is 0. The van der Waals surface area contributed by atoms with Crippen LogP contribution >= 0.6 is 15.9 Å².